The molecule has 35 heavy (non-hydrogen) atoms. The maximum Gasteiger partial charge on any atom is 0.137 e. The highest BCUT2D eigenvalue weighted by Gasteiger charge is 2.27. The number of nitrogens with zero attached hydrogens (tertiary/aromatic N) is 5. The van der Waals surface area contributed by atoms with Crippen LogP contribution in [-0.4, -0.2) is 59.4 Å². The summed E-state index contributed by atoms with van der Waals surface area (Å²) < 4.78 is 15.8. The van der Waals surface area contributed by atoms with E-state index in [4.69, 9.17) is 5.10 Å². The zero-order valence-corrected chi connectivity index (χ0v) is 21.8. The van der Waals surface area contributed by atoms with Gasteiger partial charge in [0.25, 0.3) is 0 Å². The first kappa shape index (κ1) is 25.4. The van der Waals surface area contributed by atoms with Crippen molar-refractivity contribution < 1.29 is 4.39 Å². The van der Waals surface area contributed by atoms with Gasteiger partial charge in [-0.2, -0.15) is 5.10 Å². The Kier molecular flexibility index (Phi) is 8.58. The number of aromatic nitrogens is 2. The molecule has 3 aromatic rings. The van der Waals surface area contributed by atoms with E-state index in [1.807, 2.05) is 12.1 Å². The highest BCUT2D eigenvalue weighted by molar-refractivity contribution is 5.56. The molecule has 0 spiro atoms. The molecule has 2 aromatic carbocycles. The molecule has 5 nitrogen and oxygen atoms in total. The molecule has 0 saturated carbocycles. The topological polar surface area (TPSA) is 27.5 Å². The van der Waals surface area contributed by atoms with Gasteiger partial charge in [-0.3, -0.25) is 4.90 Å². The monoisotopic (exact) mass is 477 g/mol. The van der Waals surface area contributed by atoms with Crippen LogP contribution in [0.1, 0.15) is 44.0 Å². The lowest BCUT2D eigenvalue weighted by Gasteiger charge is -2.35. The maximum absolute atomic E-state index is 13.7. The van der Waals surface area contributed by atoms with Crippen LogP contribution in [0.2, 0.25) is 0 Å². The molecule has 1 aliphatic rings. The Hall–Kier alpha value is -2.70. The lowest BCUT2D eigenvalue weighted by Crippen LogP contribution is -2.45. The van der Waals surface area contributed by atoms with Gasteiger partial charge in [0, 0.05) is 44.8 Å². The first-order valence-electron chi connectivity index (χ1n) is 13.0. The highest BCUT2D eigenvalue weighted by Crippen LogP contribution is 2.31. The Bertz CT molecular complexity index is 1050. The first-order chi connectivity index (χ1) is 16.9. The standard InChI is InChI=1S/C29H40FN5/c1-5-28-27(22-33(16-15-23(2)3)21-24-9-7-6-8-10-24)29(34-19-17-32(4)18-20-34)35(31-28)26-13-11-25(30)12-14-26/h6-14,23H,5,15-22H2,1-4H3. The smallest absolute Gasteiger partial charge is 0.137 e. The molecule has 1 aliphatic heterocycles. The van der Waals surface area contributed by atoms with Gasteiger partial charge in [0.05, 0.1) is 11.4 Å². The highest BCUT2D eigenvalue weighted by atomic mass is 19.1. The number of hydrogen-bond acceptors (Lipinski definition) is 4. The van der Waals surface area contributed by atoms with Gasteiger partial charge in [-0.15, -0.1) is 0 Å². The fraction of sp³-hybridized carbons (Fsp3) is 0.483. The van der Waals surface area contributed by atoms with Crippen LogP contribution in [0, 0.1) is 11.7 Å². The van der Waals surface area contributed by atoms with Crippen LogP contribution in [-0.2, 0) is 19.5 Å². The second-order valence-electron chi connectivity index (χ2n) is 10.2. The summed E-state index contributed by atoms with van der Waals surface area (Å²) in [4.78, 5) is 7.42. The SMILES string of the molecule is CCc1nn(-c2ccc(F)cc2)c(N2CCN(C)CC2)c1CN(CCC(C)C)Cc1ccccc1. The molecule has 0 unspecified atom stereocenters. The maximum atomic E-state index is 13.7. The van der Waals surface area contributed by atoms with Crippen molar-refractivity contribution in [3.8, 4) is 5.69 Å². The third-order valence-electron chi connectivity index (χ3n) is 6.90. The minimum atomic E-state index is -0.222. The largest absolute Gasteiger partial charge is 0.354 e. The van der Waals surface area contributed by atoms with Crippen molar-refractivity contribution in [3.05, 3.63) is 77.2 Å². The number of aryl methyl sites for hydroxylation is 1. The number of hydrogen-bond donors (Lipinski definition) is 0. The van der Waals surface area contributed by atoms with E-state index in [-0.39, 0.29) is 5.82 Å². The summed E-state index contributed by atoms with van der Waals surface area (Å²) in [5.74, 6) is 1.60. The van der Waals surface area contributed by atoms with E-state index in [0.717, 1.165) is 70.0 Å². The molecule has 4 rings (SSSR count). The summed E-state index contributed by atoms with van der Waals surface area (Å²) in [6, 6.07) is 17.5. The van der Waals surface area contributed by atoms with Crippen molar-refractivity contribution in [2.45, 2.75) is 46.7 Å². The van der Waals surface area contributed by atoms with Gasteiger partial charge < -0.3 is 9.80 Å². The van der Waals surface area contributed by atoms with Crippen molar-refractivity contribution >= 4 is 5.82 Å². The summed E-state index contributed by atoms with van der Waals surface area (Å²) in [6.45, 7) is 13.6. The second-order valence-corrected chi connectivity index (χ2v) is 10.2. The van der Waals surface area contributed by atoms with E-state index in [9.17, 15) is 4.39 Å². The zero-order chi connectivity index (χ0) is 24.8. The van der Waals surface area contributed by atoms with Crippen LogP contribution < -0.4 is 4.90 Å². The van der Waals surface area contributed by atoms with Crippen LogP contribution in [0.5, 0.6) is 0 Å². The fourth-order valence-corrected chi connectivity index (χ4v) is 4.76. The molecule has 1 fully saturated rings. The van der Waals surface area contributed by atoms with Crippen molar-refractivity contribution in [1.82, 2.24) is 19.6 Å². The third-order valence-corrected chi connectivity index (χ3v) is 6.90. The molecular formula is C29H40FN5. The number of likely N-dealkylation sites (N-methyl/N-ethyl adjacent to an activating group) is 1. The summed E-state index contributed by atoms with van der Waals surface area (Å²) in [5.41, 5.74) is 4.69. The summed E-state index contributed by atoms with van der Waals surface area (Å²) >= 11 is 0. The van der Waals surface area contributed by atoms with Crippen molar-refractivity contribution in [1.29, 1.82) is 0 Å². The van der Waals surface area contributed by atoms with Crippen molar-refractivity contribution in [2.75, 3.05) is 44.7 Å². The molecule has 0 amide bonds. The quantitative estimate of drug-likeness (QED) is 0.392. The van der Waals surface area contributed by atoms with E-state index in [1.165, 1.54) is 29.1 Å². The lowest BCUT2D eigenvalue weighted by atomic mass is 10.1. The number of piperazine rings is 1. The van der Waals surface area contributed by atoms with Gasteiger partial charge in [-0.05, 0) is 62.2 Å². The fourth-order valence-electron chi connectivity index (χ4n) is 4.76. The van der Waals surface area contributed by atoms with Crippen LogP contribution >= 0.6 is 0 Å². The molecule has 0 atom stereocenters. The molecule has 2 heterocycles. The minimum absolute atomic E-state index is 0.222. The summed E-state index contributed by atoms with van der Waals surface area (Å²) in [6.07, 6.45) is 2.03. The molecule has 6 heteroatoms. The van der Waals surface area contributed by atoms with Crippen LogP contribution in [0.4, 0.5) is 10.2 Å². The zero-order valence-electron chi connectivity index (χ0n) is 21.8. The van der Waals surface area contributed by atoms with Crippen LogP contribution in [0.25, 0.3) is 5.69 Å². The predicted molar refractivity (Wildman–Crippen MR) is 143 cm³/mol. The van der Waals surface area contributed by atoms with E-state index in [0.29, 0.717) is 5.92 Å². The van der Waals surface area contributed by atoms with E-state index >= 15 is 0 Å². The Labute approximate surface area is 210 Å². The first-order valence-corrected chi connectivity index (χ1v) is 13.0. The van der Waals surface area contributed by atoms with Crippen molar-refractivity contribution in [2.24, 2.45) is 5.92 Å². The molecular weight excluding hydrogens is 437 g/mol. The lowest BCUT2D eigenvalue weighted by molar-refractivity contribution is 0.240. The number of halogens is 1. The van der Waals surface area contributed by atoms with Gasteiger partial charge in [0.15, 0.2) is 0 Å². The van der Waals surface area contributed by atoms with E-state index < -0.39 is 0 Å². The average Bonchev–Trinajstić information content (AvgIpc) is 3.22. The number of benzene rings is 2. The Balaban J connectivity index is 1.73. The van der Waals surface area contributed by atoms with Crippen molar-refractivity contribution in [3.63, 3.8) is 0 Å². The van der Waals surface area contributed by atoms with E-state index in [1.54, 1.807) is 0 Å². The summed E-state index contributed by atoms with van der Waals surface area (Å²) in [5, 5.41) is 5.09. The molecule has 0 bridgehead atoms. The number of rotatable bonds is 10. The van der Waals surface area contributed by atoms with Crippen LogP contribution in [0.3, 0.4) is 0 Å². The molecule has 0 radical (unpaired) electrons. The van der Waals surface area contributed by atoms with E-state index in [2.05, 4.69) is 77.5 Å². The second kappa shape index (κ2) is 11.8. The molecule has 1 saturated heterocycles. The minimum Gasteiger partial charge on any atom is -0.354 e. The normalized spacial score (nSPS) is 14.9. The van der Waals surface area contributed by atoms with Gasteiger partial charge >= 0.3 is 0 Å². The Morgan fingerprint density at radius 2 is 1.63 bits per heavy atom. The molecule has 1 aromatic heterocycles. The van der Waals surface area contributed by atoms with Gasteiger partial charge in [0.1, 0.15) is 11.6 Å². The third kappa shape index (κ3) is 6.50. The number of anilines is 1. The Morgan fingerprint density at radius 1 is 0.943 bits per heavy atom. The Morgan fingerprint density at radius 3 is 2.26 bits per heavy atom. The summed E-state index contributed by atoms with van der Waals surface area (Å²) in [7, 11) is 2.18. The molecule has 0 N–H and O–H groups in total. The molecule has 0 aliphatic carbocycles. The van der Waals surface area contributed by atoms with Crippen LogP contribution in [0.15, 0.2) is 54.6 Å². The van der Waals surface area contributed by atoms with Gasteiger partial charge in [0.2, 0.25) is 0 Å². The van der Waals surface area contributed by atoms with Gasteiger partial charge in [-0.25, -0.2) is 9.07 Å². The molecule has 188 valence electrons. The average molecular weight is 478 g/mol. The predicted octanol–water partition coefficient (Wildman–Crippen LogP) is 5.37. The van der Waals surface area contributed by atoms with Gasteiger partial charge in [-0.1, -0.05) is 51.1 Å².